The Morgan fingerprint density at radius 1 is 1.11 bits per heavy atom. The van der Waals surface area contributed by atoms with E-state index in [-0.39, 0.29) is 10.6 Å². The van der Waals surface area contributed by atoms with Crippen molar-refractivity contribution in [3.8, 4) is 11.5 Å². The van der Waals surface area contributed by atoms with E-state index in [1.54, 1.807) is 18.2 Å². The van der Waals surface area contributed by atoms with Gasteiger partial charge in [0.1, 0.15) is 11.5 Å². The van der Waals surface area contributed by atoms with Gasteiger partial charge >= 0.3 is 0 Å². The maximum Gasteiger partial charge on any atom is 0.175 e. The molecule has 19 heavy (non-hydrogen) atoms. The molecule has 2 rings (SSSR count). The minimum absolute atomic E-state index is 0.174. The molecule has 0 saturated heterocycles. The van der Waals surface area contributed by atoms with Crippen LogP contribution in [0.2, 0.25) is 0 Å². The van der Waals surface area contributed by atoms with Gasteiger partial charge in [-0.25, -0.2) is 8.42 Å². The van der Waals surface area contributed by atoms with Gasteiger partial charge in [0.15, 0.2) is 9.84 Å². The minimum Gasteiger partial charge on any atom is -0.455 e. The van der Waals surface area contributed by atoms with E-state index >= 15 is 0 Å². The molecule has 0 bridgehead atoms. The Hall–Kier alpha value is -1.53. The lowest BCUT2D eigenvalue weighted by Gasteiger charge is -2.09. The summed E-state index contributed by atoms with van der Waals surface area (Å²) in [6.07, 6.45) is 1.14. The van der Waals surface area contributed by atoms with Gasteiger partial charge in [-0.05, 0) is 42.5 Å². The van der Waals surface area contributed by atoms with Gasteiger partial charge in [0.25, 0.3) is 0 Å². The molecule has 0 aliphatic carbocycles. The first-order valence-corrected chi connectivity index (χ1v) is 8.08. The van der Waals surface area contributed by atoms with E-state index in [0.29, 0.717) is 11.5 Å². The first-order valence-electron chi connectivity index (χ1n) is 5.39. The topological polar surface area (TPSA) is 69.4 Å². The summed E-state index contributed by atoms with van der Waals surface area (Å²) >= 11 is 3.33. The molecule has 0 amide bonds. The van der Waals surface area contributed by atoms with Crippen LogP contribution in [0.5, 0.6) is 11.5 Å². The van der Waals surface area contributed by atoms with Crippen LogP contribution in [0.1, 0.15) is 0 Å². The highest BCUT2D eigenvalue weighted by Gasteiger charge is 2.10. The third-order valence-electron chi connectivity index (χ3n) is 2.45. The van der Waals surface area contributed by atoms with Crippen LogP contribution in [0.3, 0.4) is 0 Å². The van der Waals surface area contributed by atoms with Crippen molar-refractivity contribution in [3.05, 3.63) is 46.9 Å². The standard InChI is InChI=1S/C13H12BrNO3S/c1-19(16,17)11-6-7-13(12(15)8-11)18-10-4-2-9(14)3-5-10/h2-8H,15H2,1H3. The number of rotatable bonds is 3. The van der Waals surface area contributed by atoms with Crippen LogP contribution in [0.15, 0.2) is 51.8 Å². The van der Waals surface area contributed by atoms with E-state index in [4.69, 9.17) is 10.5 Å². The summed E-state index contributed by atoms with van der Waals surface area (Å²) in [5.74, 6) is 1.05. The Morgan fingerprint density at radius 2 is 1.74 bits per heavy atom. The first-order chi connectivity index (χ1) is 8.86. The van der Waals surface area contributed by atoms with Crippen LogP contribution in [0.25, 0.3) is 0 Å². The molecule has 4 nitrogen and oxygen atoms in total. The fourth-order valence-electron chi connectivity index (χ4n) is 1.48. The van der Waals surface area contributed by atoms with Gasteiger partial charge < -0.3 is 10.5 Å². The van der Waals surface area contributed by atoms with Crippen LogP contribution in [-0.2, 0) is 9.84 Å². The van der Waals surface area contributed by atoms with Crippen LogP contribution >= 0.6 is 15.9 Å². The lowest BCUT2D eigenvalue weighted by Crippen LogP contribution is -1.99. The maximum atomic E-state index is 11.4. The van der Waals surface area contributed by atoms with E-state index in [1.165, 1.54) is 12.1 Å². The van der Waals surface area contributed by atoms with Crippen molar-refractivity contribution in [2.45, 2.75) is 4.90 Å². The van der Waals surface area contributed by atoms with Crippen molar-refractivity contribution in [1.29, 1.82) is 0 Å². The lowest BCUT2D eigenvalue weighted by atomic mass is 10.3. The molecule has 100 valence electrons. The van der Waals surface area contributed by atoms with E-state index in [2.05, 4.69) is 15.9 Å². The molecule has 0 fully saturated rings. The quantitative estimate of drug-likeness (QED) is 0.870. The molecule has 0 unspecified atom stereocenters. The number of halogens is 1. The highest BCUT2D eigenvalue weighted by molar-refractivity contribution is 9.10. The summed E-state index contributed by atoms with van der Waals surface area (Å²) in [4.78, 5) is 0.174. The molecule has 2 N–H and O–H groups in total. The van der Waals surface area contributed by atoms with Crippen LogP contribution in [0.4, 0.5) is 5.69 Å². The number of anilines is 1. The Bertz CT molecular complexity index is 696. The molecular weight excluding hydrogens is 330 g/mol. The van der Waals surface area contributed by atoms with Gasteiger partial charge in [-0.2, -0.15) is 0 Å². The second kappa shape index (κ2) is 5.22. The number of hydrogen-bond acceptors (Lipinski definition) is 4. The van der Waals surface area contributed by atoms with Crippen molar-refractivity contribution < 1.29 is 13.2 Å². The fraction of sp³-hybridized carbons (Fsp3) is 0.0769. The number of benzene rings is 2. The molecule has 2 aromatic rings. The average Bonchev–Trinajstić information content (AvgIpc) is 2.33. The van der Waals surface area contributed by atoms with Gasteiger partial charge in [-0.15, -0.1) is 0 Å². The second-order valence-corrected chi connectivity index (χ2v) is 6.96. The average molecular weight is 342 g/mol. The molecule has 2 aromatic carbocycles. The summed E-state index contributed by atoms with van der Waals surface area (Å²) in [6, 6.07) is 11.7. The molecule has 0 saturated carbocycles. The molecule has 0 atom stereocenters. The SMILES string of the molecule is CS(=O)(=O)c1ccc(Oc2ccc(Br)cc2)c(N)c1. The number of ether oxygens (including phenoxy) is 1. The molecule has 0 heterocycles. The van der Waals surface area contributed by atoms with Gasteiger partial charge in [0.2, 0.25) is 0 Å². The van der Waals surface area contributed by atoms with Crippen molar-refractivity contribution in [2.75, 3.05) is 12.0 Å². The minimum atomic E-state index is -3.26. The highest BCUT2D eigenvalue weighted by atomic mass is 79.9. The predicted octanol–water partition coefficient (Wildman–Crippen LogP) is 3.23. The van der Waals surface area contributed by atoms with Gasteiger partial charge in [-0.3, -0.25) is 0 Å². The number of nitrogens with two attached hydrogens (primary N) is 1. The number of nitrogen functional groups attached to an aromatic ring is 1. The summed E-state index contributed by atoms with van der Waals surface area (Å²) in [5.41, 5.74) is 6.08. The van der Waals surface area contributed by atoms with Crippen molar-refractivity contribution in [1.82, 2.24) is 0 Å². The zero-order valence-electron chi connectivity index (χ0n) is 10.1. The molecular formula is C13H12BrNO3S. The van der Waals surface area contributed by atoms with Gasteiger partial charge in [0.05, 0.1) is 10.6 Å². The predicted molar refractivity (Wildman–Crippen MR) is 78.2 cm³/mol. The Balaban J connectivity index is 2.29. The summed E-state index contributed by atoms with van der Waals surface area (Å²) in [7, 11) is -3.26. The van der Waals surface area contributed by atoms with Gasteiger partial charge in [0, 0.05) is 10.7 Å². The van der Waals surface area contributed by atoms with Crippen LogP contribution < -0.4 is 10.5 Å². The molecule has 0 aliphatic heterocycles. The summed E-state index contributed by atoms with van der Waals surface area (Å²) in [5, 5.41) is 0. The number of hydrogen-bond donors (Lipinski definition) is 1. The first kappa shape index (κ1) is 13.9. The maximum absolute atomic E-state index is 11.4. The molecule has 6 heteroatoms. The van der Waals surface area contributed by atoms with Crippen LogP contribution in [-0.4, -0.2) is 14.7 Å². The smallest absolute Gasteiger partial charge is 0.175 e. The normalized spacial score (nSPS) is 11.3. The van der Waals surface area contributed by atoms with Crippen molar-refractivity contribution in [3.63, 3.8) is 0 Å². The molecule has 0 radical (unpaired) electrons. The monoisotopic (exact) mass is 341 g/mol. The van der Waals surface area contributed by atoms with E-state index < -0.39 is 9.84 Å². The van der Waals surface area contributed by atoms with E-state index in [9.17, 15) is 8.42 Å². The molecule has 0 aromatic heterocycles. The number of sulfone groups is 1. The van der Waals surface area contributed by atoms with Crippen LogP contribution in [0, 0.1) is 0 Å². The summed E-state index contributed by atoms with van der Waals surface area (Å²) in [6.45, 7) is 0. The van der Waals surface area contributed by atoms with Crippen molar-refractivity contribution in [2.24, 2.45) is 0 Å². The second-order valence-electron chi connectivity index (χ2n) is 4.03. The molecule has 0 aliphatic rings. The zero-order chi connectivity index (χ0) is 14.0. The Labute approximate surface area is 120 Å². The van der Waals surface area contributed by atoms with Gasteiger partial charge in [-0.1, -0.05) is 15.9 Å². The van der Waals surface area contributed by atoms with Crippen molar-refractivity contribution >= 4 is 31.5 Å². The third-order valence-corrected chi connectivity index (χ3v) is 4.09. The molecule has 0 spiro atoms. The Morgan fingerprint density at radius 3 is 2.26 bits per heavy atom. The highest BCUT2D eigenvalue weighted by Crippen LogP contribution is 2.30. The lowest BCUT2D eigenvalue weighted by molar-refractivity contribution is 0.484. The fourth-order valence-corrected chi connectivity index (χ4v) is 2.40. The summed E-state index contributed by atoms with van der Waals surface area (Å²) < 4.78 is 29.3. The largest absolute Gasteiger partial charge is 0.455 e. The Kier molecular flexibility index (Phi) is 3.82. The van der Waals surface area contributed by atoms with E-state index in [0.717, 1.165) is 10.7 Å². The zero-order valence-corrected chi connectivity index (χ0v) is 12.5. The van der Waals surface area contributed by atoms with E-state index in [1.807, 2.05) is 12.1 Å². The third kappa shape index (κ3) is 3.48.